The summed E-state index contributed by atoms with van der Waals surface area (Å²) >= 11 is 0. The number of carbonyl (C=O) groups is 1. The maximum absolute atomic E-state index is 14.1. The van der Waals surface area contributed by atoms with Gasteiger partial charge in [-0.3, -0.25) is 4.79 Å². The van der Waals surface area contributed by atoms with Gasteiger partial charge in [0.05, 0.1) is 21.0 Å². The molecule has 1 atom stereocenters. The monoisotopic (exact) mass is 513 g/mol. The highest BCUT2D eigenvalue weighted by molar-refractivity contribution is 7.91. The molecule has 2 N–H and O–H groups in total. The molecule has 0 bridgehead atoms. The van der Waals surface area contributed by atoms with Gasteiger partial charge in [0.25, 0.3) is 5.91 Å². The molecular formula is C26H29F2N5O2S. The van der Waals surface area contributed by atoms with Crippen molar-refractivity contribution in [3.63, 3.8) is 0 Å². The second-order valence-corrected chi connectivity index (χ2v) is 11.4. The molecule has 1 unspecified atom stereocenters. The summed E-state index contributed by atoms with van der Waals surface area (Å²) in [6.45, 7) is 4.13. The minimum Gasteiger partial charge on any atom is -0.354 e. The minimum atomic E-state index is -2.97. The number of carbonyl (C=O) groups excluding carboxylic acids is 1. The van der Waals surface area contributed by atoms with E-state index in [1.165, 1.54) is 12.3 Å². The van der Waals surface area contributed by atoms with Crippen LogP contribution in [0.2, 0.25) is 0 Å². The number of halogens is 2. The first kappa shape index (κ1) is 25.7. The highest BCUT2D eigenvalue weighted by Gasteiger charge is 2.34. The van der Waals surface area contributed by atoms with Gasteiger partial charge >= 0.3 is 0 Å². The second kappa shape index (κ2) is 9.93. The maximum Gasteiger partial charge on any atom is 0.259 e. The van der Waals surface area contributed by atoms with Crippen LogP contribution < -0.4 is 10.2 Å². The van der Waals surface area contributed by atoms with E-state index in [0.717, 1.165) is 11.1 Å². The normalized spacial score (nSPS) is 17.2. The molecule has 7 nitrogen and oxygen atoms in total. The average Bonchev–Trinajstić information content (AvgIpc) is 2.99. The van der Waals surface area contributed by atoms with Crippen LogP contribution in [0.3, 0.4) is 0 Å². The minimum absolute atomic E-state index is 0.0531. The number of benzene rings is 2. The number of aromatic nitrogens is 2. The average molecular weight is 514 g/mol. The van der Waals surface area contributed by atoms with E-state index in [-0.39, 0.29) is 37.2 Å². The summed E-state index contributed by atoms with van der Waals surface area (Å²) in [4.78, 5) is 15.6. The first-order valence-corrected chi connectivity index (χ1v) is 13.6. The van der Waals surface area contributed by atoms with Gasteiger partial charge in [-0.15, -0.1) is 10.2 Å². The molecule has 0 saturated carbocycles. The van der Waals surface area contributed by atoms with Gasteiger partial charge < -0.3 is 10.2 Å². The fourth-order valence-electron chi connectivity index (χ4n) is 4.27. The molecular weight excluding hydrogens is 484 g/mol. The van der Waals surface area contributed by atoms with E-state index < -0.39 is 21.6 Å². The van der Waals surface area contributed by atoms with Gasteiger partial charge in [0.2, 0.25) is 5.92 Å². The molecule has 10 heteroatoms. The van der Waals surface area contributed by atoms with Crippen molar-refractivity contribution in [3.05, 3.63) is 65.2 Å². The third-order valence-corrected chi connectivity index (χ3v) is 7.46. The predicted octanol–water partition coefficient (Wildman–Crippen LogP) is 5.67. The lowest BCUT2D eigenvalue weighted by molar-refractivity contribution is -0.0102. The van der Waals surface area contributed by atoms with E-state index in [9.17, 15) is 17.8 Å². The van der Waals surface area contributed by atoms with E-state index in [4.69, 9.17) is 4.78 Å². The lowest BCUT2D eigenvalue weighted by Crippen LogP contribution is -2.30. The largest absolute Gasteiger partial charge is 0.354 e. The molecule has 1 saturated heterocycles. The number of nitrogens with one attached hydrogen (secondary N) is 2. The zero-order valence-corrected chi connectivity index (χ0v) is 21.3. The Labute approximate surface area is 209 Å². The van der Waals surface area contributed by atoms with Crippen molar-refractivity contribution in [2.45, 2.75) is 43.9 Å². The van der Waals surface area contributed by atoms with Crippen LogP contribution in [0.25, 0.3) is 11.3 Å². The van der Waals surface area contributed by atoms with Crippen molar-refractivity contribution in [1.82, 2.24) is 10.2 Å². The summed E-state index contributed by atoms with van der Waals surface area (Å²) in [7, 11) is -2.97. The van der Waals surface area contributed by atoms with Crippen LogP contribution in [0.5, 0.6) is 0 Å². The molecule has 0 aliphatic carbocycles. The van der Waals surface area contributed by atoms with E-state index in [0.29, 0.717) is 28.4 Å². The van der Waals surface area contributed by atoms with Crippen molar-refractivity contribution >= 4 is 27.1 Å². The third kappa shape index (κ3) is 5.70. The summed E-state index contributed by atoms with van der Waals surface area (Å²) in [5.41, 5.74) is 3.59. The van der Waals surface area contributed by atoms with E-state index >= 15 is 0 Å². The smallest absolute Gasteiger partial charge is 0.259 e. The number of hydrogen-bond acceptors (Lipinski definition) is 6. The SMILES string of the molecule is Cc1ccc(-c2nnc(N3CCCC(F)(F)CC3)c(C(=O)Nc3cccc(S(C)(=N)=O)c3)c2C)cc1. The molecule has 1 aromatic heterocycles. The van der Waals surface area contributed by atoms with Gasteiger partial charge in [-0.2, -0.15) is 0 Å². The number of anilines is 2. The predicted molar refractivity (Wildman–Crippen MR) is 137 cm³/mol. The molecule has 1 amide bonds. The van der Waals surface area contributed by atoms with Crippen LogP contribution in [-0.4, -0.2) is 45.6 Å². The first-order chi connectivity index (χ1) is 16.9. The summed E-state index contributed by atoms with van der Waals surface area (Å²) in [6, 6.07) is 14.0. The quantitative estimate of drug-likeness (QED) is 0.458. The fraction of sp³-hybridized carbons (Fsp3) is 0.346. The highest BCUT2D eigenvalue weighted by atomic mass is 32.2. The fourth-order valence-corrected chi connectivity index (χ4v) is 4.96. The molecule has 190 valence electrons. The standard InChI is InChI=1S/C26H29F2N5O2S/c1-17-8-10-19(11-9-17)23-18(2)22(24(32-31-23)33-14-5-12-26(27,28)13-15-33)25(34)30-20-6-4-7-21(16-20)36(3,29)35/h4,6-11,16,29H,5,12-15H2,1-3H3,(H,30,34). The number of alkyl halides is 2. The Morgan fingerprint density at radius 3 is 2.50 bits per heavy atom. The summed E-state index contributed by atoms with van der Waals surface area (Å²) in [6.07, 6.45) is 1.04. The Morgan fingerprint density at radius 1 is 1.08 bits per heavy atom. The molecule has 1 fully saturated rings. The van der Waals surface area contributed by atoms with Crippen molar-refractivity contribution in [2.24, 2.45) is 0 Å². The Hall–Kier alpha value is -3.40. The molecule has 4 rings (SSSR count). The van der Waals surface area contributed by atoms with Gasteiger partial charge in [-0.25, -0.2) is 17.8 Å². The lowest BCUT2D eigenvalue weighted by atomic mass is 10.0. The summed E-state index contributed by atoms with van der Waals surface area (Å²) in [5.74, 6) is -2.98. The van der Waals surface area contributed by atoms with E-state index in [1.54, 1.807) is 30.0 Å². The first-order valence-electron chi connectivity index (χ1n) is 11.7. The van der Waals surface area contributed by atoms with Crippen molar-refractivity contribution in [3.8, 4) is 11.3 Å². The van der Waals surface area contributed by atoms with Crippen LogP contribution in [0.4, 0.5) is 20.3 Å². The van der Waals surface area contributed by atoms with Gasteiger partial charge in [0.1, 0.15) is 0 Å². The molecule has 0 radical (unpaired) electrons. The Morgan fingerprint density at radius 2 is 1.81 bits per heavy atom. The van der Waals surface area contributed by atoms with Crippen molar-refractivity contribution in [2.75, 3.05) is 29.6 Å². The van der Waals surface area contributed by atoms with E-state index in [2.05, 4.69) is 15.5 Å². The topological polar surface area (TPSA) is 99.0 Å². The number of aryl methyl sites for hydroxylation is 1. The molecule has 0 spiro atoms. The molecule has 1 aliphatic rings. The Kier molecular flexibility index (Phi) is 7.08. The second-order valence-electron chi connectivity index (χ2n) is 9.26. The van der Waals surface area contributed by atoms with Crippen LogP contribution in [-0.2, 0) is 9.73 Å². The molecule has 36 heavy (non-hydrogen) atoms. The Balaban J connectivity index is 1.78. The maximum atomic E-state index is 14.1. The molecule has 2 aromatic carbocycles. The summed E-state index contributed by atoms with van der Waals surface area (Å²) < 4.78 is 48.1. The van der Waals surface area contributed by atoms with Gasteiger partial charge in [-0.05, 0) is 44.0 Å². The lowest BCUT2D eigenvalue weighted by Gasteiger charge is -2.25. The van der Waals surface area contributed by atoms with E-state index in [1.807, 2.05) is 31.2 Å². The van der Waals surface area contributed by atoms with Gasteiger partial charge in [-0.1, -0.05) is 35.9 Å². The Bertz CT molecular complexity index is 1390. The highest BCUT2D eigenvalue weighted by Crippen LogP contribution is 2.33. The zero-order chi connectivity index (χ0) is 26.1. The van der Waals surface area contributed by atoms with Crippen LogP contribution >= 0.6 is 0 Å². The number of rotatable bonds is 5. The number of nitrogens with zero attached hydrogens (tertiary/aromatic N) is 3. The van der Waals surface area contributed by atoms with Gasteiger partial charge in [0, 0.05) is 48.3 Å². The van der Waals surface area contributed by atoms with Crippen LogP contribution in [0.15, 0.2) is 53.4 Å². The van der Waals surface area contributed by atoms with Gasteiger partial charge in [0.15, 0.2) is 5.82 Å². The number of amides is 1. The molecule has 1 aliphatic heterocycles. The summed E-state index contributed by atoms with van der Waals surface area (Å²) in [5, 5.41) is 11.6. The number of hydrogen-bond donors (Lipinski definition) is 2. The third-order valence-electron chi connectivity index (χ3n) is 6.31. The zero-order valence-electron chi connectivity index (χ0n) is 20.5. The van der Waals surface area contributed by atoms with Crippen molar-refractivity contribution in [1.29, 1.82) is 4.78 Å². The van der Waals surface area contributed by atoms with Crippen LogP contribution in [0, 0.1) is 18.6 Å². The molecule has 3 aromatic rings. The molecule has 2 heterocycles. The van der Waals surface area contributed by atoms with Crippen LogP contribution in [0.1, 0.15) is 40.7 Å². The van der Waals surface area contributed by atoms with Crippen molar-refractivity contribution < 1.29 is 17.8 Å².